The predicted octanol–water partition coefficient (Wildman–Crippen LogP) is 2.99. The number of aromatic nitrogens is 2. The summed E-state index contributed by atoms with van der Waals surface area (Å²) in [6, 6.07) is 10.4. The van der Waals surface area contributed by atoms with Gasteiger partial charge in [0.15, 0.2) is 5.96 Å². The van der Waals surface area contributed by atoms with Gasteiger partial charge in [0, 0.05) is 42.1 Å². The number of hydrogen-bond donors (Lipinski definition) is 2. The number of nitrogens with one attached hydrogen (secondary N) is 2. The van der Waals surface area contributed by atoms with E-state index >= 15 is 0 Å². The van der Waals surface area contributed by atoms with Crippen molar-refractivity contribution >= 4 is 17.7 Å². The minimum atomic E-state index is 0.617. The largest absolute Gasteiger partial charge is 0.383 e. The molecule has 0 saturated heterocycles. The minimum Gasteiger partial charge on any atom is -0.383 e. The van der Waals surface area contributed by atoms with Crippen molar-refractivity contribution in [2.75, 3.05) is 32.6 Å². The number of thioether (sulfide) groups is 1. The number of aliphatic imine (C=N–C) groups is 1. The molecule has 1 heterocycles. The number of benzene rings is 1. The van der Waals surface area contributed by atoms with Gasteiger partial charge in [-0.2, -0.15) is 5.10 Å². The lowest BCUT2D eigenvalue weighted by Gasteiger charge is -2.11. The van der Waals surface area contributed by atoms with Crippen LogP contribution in [0.4, 0.5) is 0 Å². The van der Waals surface area contributed by atoms with Crippen LogP contribution in [-0.2, 0) is 17.8 Å². The van der Waals surface area contributed by atoms with Crippen LogP contribution >= 0.6 is 11.8 Å². The fourth-order valence-electron chi connectivity index (χ4n) is 2.71. The number of nitrogens with zero attached hydrogens (tertiary/aromatic N) is 3. The smallest absolute Gasteiger partial charge is 0.191 e. The zero-order valence-electron chi connectivity index (χ0n) is 16.8. The Balaban J connectivity index is 1.90. The third-order valence-corrected chi connectivity index (χ3v) is 5.20. The Bertz CT molecular complexity index is 715. The van der Waals surface area contributed by atoms with E-state index in [0.717, 1.165) is 42.7 Å². The van der Waals surface area contributed by atoms with Gasteiger partial charge in [-0.25, -0.2) is 4.99 Å². The number of rotatable bonds is 10. The Labute approximate surface area is 166 Å². The predicted molar refractivity (Wildman–Crippen MR) is 114 cm³/mol. The summed E-state index contributed by atoms with van der Waals surface area (Å²) in [7, 11) is 1.71. The lowest BCUT2D eigenvalue weighted by Crippen LogP contribution is -2.38. The van der Waals surface area contributed by atoms with Crippen molar-refractivity contribution < 1.29 is 4.74 Å². The summed E-state index contributed by atoms with van der Waals surface area (Å²) in [4.78, 5) is 6.03. The van der Waals surface area contributed by atoms with Crippen molar-refractivity contribution in [1.29, 1.82) is 0 Å². The van der Waals surface area contributed by atoms with Crippen LogP contribution in [0.15, 0.2) is 40.2 Å². The van der Waals surface area contributed by atoms with E-state index in [-0.39, 0.29) is 0 Å². The van der Waals surface area contributed by atoms with Gasteiger partial charge >= 0.3 is 0 Å². The Morgan fingerprint density at radius 2 is 2.00 bits per heavy atom. The first-order valence-corrected chi connectivity index (χ1v) is 10.4. The molecule has 0 fully saturated rings. The van der Waals surface area contributed by atoms with Crippen molar-refractivity contribution in [2.24, 2.45) is 4.99 Å². The Kier molecular flexibility index (Phi) is 9.21. The standard InChI is InChI=1S/C20H31N5OS/c1-5-21-20(22-11-14-27-18-9-7-6-8-10-18)23-15-19-16(2)24-25(17(19)3)12-13-26-4/h6-10H,5,11-15H2,1-4H3,(H2,21,22,23). The molecular weight excluding hydrogens is 358 g/mol. The fraction of sp³-hybridized carbons (Fsp3) is 0.500. The minimum absolute atomic E-state index is 0.617. The molecule has 0 saturated carbocycles. The van der Waals surface area contributed by atoms with Gasteiger partial charge in [-0.1, -0.05) is 18.2 Å². The average Bonchev–Trinajstić information content (AvgIpc) is 2.95. The summed E-state index contributed by atoms with van der Waals surface area (Å²) >= 11 is 1.84. The topological polar surface area (TPSA) is 63.5 Å². The van der Waals surface area contributed by atoms with Gasteiger partial charge in [0.1, 0.15) is 0 Å². The van der Waals surface area contributed by atoms with E-state index in [9.17, 15) is 0 Å². The van der Waals surface area contributed by atoms with Crippen LogP contribution in [0.1, 0.15) is 23.9 Å². The second-order valence-electron chi connectivity index (χ2n) is 6.15. The van der Waals surface area contributed by atoms with Crippen molar-refractivity contribution in [3.8, 4) is 0 Å². The number of hydrogen-bond acceptors (Lipinski definition) is 4. The summed E-state index contributed by atoms with van der Waals surface area (Å²) in [5.41, 5.74) is 3.37. The molecule has 0 aliphatic heterocycles. The molecule has 0 radical (unpaired) electrons. The maximum absolute atomic E-state index is 5.16. The van der Waals surface area contributed by atoms with Gasteiger partial charge in [-0.05, 0) is 32.9 Å². The van der Waals surface area contributed by atoms with Crippen molar-refractivity contribution in [3.63, 3.8) is 0 Å². The number of guanidine groups is 1. The molecule has 2 N–H and O–H groups in total. The number of ether oxygens (including phenoxy) is 1. The van der Waals surface area contributed by atoms with Crippen LogP contribution in [-0.4, -0.2) is 48.3 Å². The van der Waals surface area contributed by atoms with Gasteiger partial charge in [0.05, 0.1) is 25.4 Å². The molecule has 2 aromatic rings. The first-order valence-electron chi connectivity index (χ1n) is 9.37. The molecule has 0 unspecified atom stereocenters. The van der Waals surface area contributed by atoms with Crippen LogP contribution in [0.5, 0.6) is 0 Å². The van der Waals surface area contributed by atoms with Gasteiger partial charge in [-0.15, -0.1) is 11.8 Å². The molecule has 0 aliphatic carbocycles. The van der Waals surface area contributed by atoms with E-state index in [1.54, 1.807) is 7.11 Å². The van der Waals surface area contributed by atoms with Gasteiger partial charge < -0.3 is 15.4 Å². The van der Waals surface area contributed by atoms with Crippen LogP contribution in [0.25, 0.3) is 0 Å². The zero-order chi connectivity index (χ0) is 19.5. The highest BCUT2D eigenvalue weighted by molar-refractivity contribution is 7.99. The Morgan fingerprint density at radius 3 is 2.70 bits per heavy atom. The number of aryl methyl sites for hydroxylation is 1. The van der Waals surface area contributed by atoms with Crippen LogP contribution in [0, 0.1) is 13.8 Å². The quantitative estimate of drug-likeness (QED) is 0.283. The molecule has 0 bridgehead atoms. The highest BCUT2D eigenvalue weighted by atomic mass is 32.2. The van der Waals surface area contributed by atoms with E-state index in [0.29, 0.717) is 13.2 Å². The van der Waals surface area contributed by atoms with Crippen molar-refractivity contribution in [3.05, 3.63) is 47.3 Å². The molecule has 148 valence electrons. The summed E-state index contributed by atoms with van der Waals surface area (Å²) in [5.74, 6) is 1.83. The van der Waals surface area contributed by atoms with E-state index in [2.05, 4.69) is 53.8 Å². The first kappa shape index (κ1) is 21.3. The highest BCUT2D eigenvalue weighted by Gasteiger charge is 2.11. The summed E-state index contributed by atoms with van der Waals surface area (Å²) < 4.78 is 7.16. The van der Waals surface area contributed by atoms with Crippen LogP contribution in [0.3, 0.4) is 0 Å². The lowest BCUT2D eigenvalue weighted by atomic mass is 10.2. The zero-order valence-corrected chi connectivity index (χ0v) is 17.6. The molecule has 0 aliphatic rings. The molecular formula is C20H31N5OS. The van der Waals surface area contributed by atoms with Gasteiger partial charge in [0.25, 0.3) is 0 Å². The molecule has 7 heteroatoms. The average molecular weight is 390 g/mol. The summed E-state index contributed by atoms with van der Waals surface area (Å²) in [6.45, 7) is 9.95. The van der Waals surface area contributed by atoms with Crippen LogP contribution in [0.2, 0.25) is 0 Å². The van der Waals surface area contributed by atoms with E-state index in [4.69, 9.17) is 9.73 Å². The second kappa shape index (κ2) is 11.7. The van der Waals surface area contributed by atoms with E-state index in [1.165, 1.54) is 10.5 Å². The fourth-order valence-corrected chi connectivity index (χ4v) is 3.50. The van der Waals surface area contributed by atoms with E-state index in [1.807, 2.05) is 29.4 Å². The van der Waals surface area contributed by atoms with Gasteiger partial charge in [-0.3, -0.25) is 4.68 Å². The van der Waals surface area contributed by atoms with E-state index < -0.39 is 0 Å². The molecule has 0 atom stereocenters. The van der Waals surface area contributed by atoms with Crippen molar-refractivity contribution in [1.82, 2.24) is 20.4 Å². The molecule has 1 aromatic carbocycles. The lowest BCUT2D eigenvalue weighted by molar-refractivity contribution is 0.182. The Morgan fingerprint density at radius 1 is 1.22 bits per heavy atom. The highest BCUT2D eigenvalue weighted by Crippen LogP contribution is 2.16. The maximum atomic E-state index is 5.16. The molecule has 0 spiro atoms. The summed E-state index contributed by atoms with van der Waals surface area (Å²) in [6.07, 6.45) is 0. The summed E-state index contributed by atoms with van der Waals surface area (Å²) in [5, 5.41) is 11.3. The molecule has 1 aromatic heterocycles. The normalized spacial score (nSPS) is 11.6. The first-order chi connectivity index (χ1) is 13.2. The van der Waals surface area contributed by atoms with Gasteiger partial charge in [0.2, 0.25) is 0 Å². The molecule has 27 heavy (non-hydrogen) atoms. The number of methoxy groups -OCH3 is 1. The van der Waals surface area contributed by atoms with Crippen molar-refractivity contribution in [2.45, 2.75) is 38.8 Å². The van der Waals surface area contributed by atoms with Crippen LogP contribution < -0.4 is 10.6 Å². The Hall–Kier alpha value is -1.99. The maximum Gasteiger partial charge on any atom is 0.191 e. The third-order valence-electron chi connectivity index (χ3n) is 4.18. The molecule has 2 rings (SSSR count). The molecule has 6 nitrogen and oxygen atoms in total. The third kappa shape index (κ3) is 6.92. The SMILES string of the molecule is CCNC(=NCc1c(C)nn(CCOC)c1C)NCCSc1ccccc1. The second-order valence-corrected chi connectivity index (χ2v) is 7.32. The monoisotopic (exact) mass is 389 g/mol. The molecule has 0 amide bonds.